The number of amides is 1. The first kappa shape index (κ1) is 10.5. The molecule has 0 atom stereocenters. The van der Waals surface area contributed by atoms with Crippen molar-refractivity contribution in [2.45, 2.75) is 0 Å². The van der Waals surface area contributed by atoms with E-state index in [0.717, 1.165) is 5.39 Å². The number of anilines is 1. The van der Waals surface area contributed by atoms with E-state index in [1.807, 2.05) is 24.3 Å². The van der Waals surface area contributed by atoms with Crippen molar-refractivity contribution in [1.82, 2.24) is 9.97 Å². The standard InChI is InChI=1S/C13H9N3O2/c17-13(16-12-5-6-14-8-15-12)11-7-9-3-1-2-4-10(9)18-11/h1-8H,(H,14,15,16,17). The average Bonchev–Trinajstić information content (AvgIpc) is 2.84. The van der Waals surface area contributed by atoms with Crippen molar-refractivity contribution < 1.29 is 9.21 Å². The topological polar surface area (TPSA) is 68.0 Å². The zero-order chi connectivity index (χ0) is 12.4. The van der Waals surface area contributed by atoms with Crippen molar-refractivity contribution in [2.75, 3.05) is 5.32 Å². The summed E-state index contributed by atoms with van der Waals surface area (Å²) in [6.45, 7) is 0. The second kappa shape index (κ2) is 4.29. The Morgan fingerprint density at radius 2 is 2.11 bits per heavy atom. The minimum Gasteiger partial charge on any atom is -0.451 e. The summed E-state index contributed by atoms with van der Waals surface area (Å²) in [7, 11) is 0. The summed E-state index contributed by atoms with van der Waals surface area (Å²) < 4.78 is 5.45. The summed E-state index contributed by atoms with van der Waals surface area (Å²) in [6.07, 6.45) is 2.93. The number of carbonyl (C=O) groups excluding carboxylic acids is 1. The molecule has 88 valence electrons. The van der Waals surface area contributed by atoms with E-state index in [-0.39, 0.29) is 11.7 Å². The minimum absolute atomic E-state index is 0.259. The van der Waals surface area contributed by atoms with E-state index >= 15 is 0 Å². The first-order chi connectivity index (χ1) is 8.83. The molecule has 0 spiro atoms. The molecule has 1 amide bonds. The molecule has 0 aliphatic carbocycles. The van der Waals surface area contributed by atoms with Gasteiger partial charge >= 0.3 is 0 Å². The van der Waals surface area contributed by atoms with E-state index < -0.39 is 0 Å². The maximum atomic E-state index is 11.9. The monoisotopic (exact) mass is 239 g/mol. The molecule has 0 aliphatic rings. The van der Waals surface area contributed by atoms with Gasteiger partial charge in [0.25, 0.3) is 5.91 Å². The van der Waals surface area contributed by atoms with E-state index in [4.69, 9.17) is 4.42 Å². The summed E-state index contributed by atoms with van der Waals surface area (Å²) >= 11 is 0. The van der Waals surface area contributed by atoms with Crippen LogP contribution in [0.15, 0.2) is 53.3 Å². The van der Waals surface area contributed by atoms with Gasteiger partial charge in [0.1, 0.15) is 17.7 Å². The summed E-state index contributed by atoms with van der Waals surface area (Å²) in [4.78, 5) is 19.6. The van der Waals surface area contributed by atoms with Gasteiger partial charge in [-0.2, -0.15) is 0 Å². The zero-order valence-corrected chi connectivity index (χ0v) is 9.33. The van der Waals surface area contributed by atoms with Crippen molar-refractivity contribution in [3.8, 4) is 0 Å². The first-order valence-electron chi connectivity index (χ1n) is 5.39. The molecule has 1 aromatic carbocycles. The predicted octanol–water partition coefficient (Wildman–Crippen LogP) is 2.48. The molecular formula is C13H9N3O2. The second-order valence-corrected chi connectivity index (χ2v) is 3.70. The van der Waals surface area contributed by atoms with Crippen molar-refractivity contribution >= 4 is 22.7 Å². The molecular weight excluding hydrogens is 230 g/mol. The van der Waals surface area contributed by atoms with Crippen LogP contribution in [0, 0.1) is 0 Å². The van der Waals surface area contributed by atoms with Crippen molar-refractivity contribution in [1.29, 1.82) is 0 Å². The number of furan rings is 1. The highest BCUT2D eigenvalue weighted by Gasteiger charge is 2.12. The third-order valence-electron chi connectivity index (χ3n) is 2.47. The van der Waals surface area contributed by atoms with Gasteiger partial charge in [-0.25, -0.2) is 9.97 Å². The van der Waals surface area contributed by atoms with E-state index in [0.29, 0.717) is 11.4 Å². The Morgan fingerprint density at radius 1 is 1.22 bits per heavy atom. The van der Waals surface area contributed by atoms with Crippen LogP contribution >= 0.6 is 0 Å². The Labute approximate surface area is 102 Å². The Kier molecular flexibility index (Phi) is 2.49. The highest BCUT2D eigenvalue weighted by Crippen LogP contribution is 2.19. The fourth-order valence-corrected chi connectivity index (χ4v) is 1.64. The Hall–Kier alpha value is -2.69. The molecule has 2 aromatic heterocycles. The lowest BCUT2D eigenvalue weighted by molar-refractivity contribution is 0.0998. The fourth-order valence-electron chi connectivity index (χ4n) is 1.64. The largest absolute Gasteiger partial charge is 0.451 e. The molecule has 5 heteroatoms. The molecule has 1 N–H and O–H groups in total. The third kappa shape index (κ3) is 1.93. The number of hydrogen-bond acceptors (Lipinski definition) is 4. The van der Waals surface area contributed by atoms with E-state index in [9.17, 15) is 4.79 Å². The maximum Gasteiger partial charge on any atom is 0.292 e. The molecule has 18 heavy (non-hydrogen) atoms. The minimum atomic E-state index is -0.329. The van der Waals surface area contributed by atoms with Gasteiger partial charge in [0, 0.05) is 11.6 Å². The summed E-state index contributed by atoms with van der Waals surface area (Å²) in [6, 6.07) is 10.8. The molecule has 3 rings (SSSR count). The van der Waals surface area contributed by atoms with Gasteiger partial charge in [0.05, 0.1) is 0 Å². The van der Waals surface area contributed by atoms with E-state index in [1.165, 1.54) is 6.33 Å². The summed E-state index contributed by atoms with van der Waals surface area (Å²) in [5.41, 5.74) is 0.685. The molecule has 5 nitrogen and oxygen atoms in total. The van der Waals surface area contributed by atoms with Crippen molar-refractivity contribution in [3.05, 3.63) is 54.7 Å². The van der Waals surface area contributed by atoms with Crippen molar-refractivity contribution in [3.63, 3.8) is 0 Å². The number of benzene rings is 1. The molecule has 0 aliphatic heterocycles. The lowest BCUT2D eigenvalue weighted by atomic mass is 10.2. The number of aromatic nitrogens is 2. The molecule has 0 unspecified atom stereocenters. The summed E-state index contributed by atoms with van der Waals surface area (Å²) in [5.74, 6) is 0.371. The van der Waals surface area contributed by atoms with Gasteiger partial charge < -0.3 is 9.73 Å². The smallest absolute Gasteiger partial charge is 0.292 e. The number of fused-ring (bicyclic) bond motifs is 1. The van der Waals surface area contributed by atoms with Crippen LogP contribution in [0.4, 0.5) is 5.82 Å². The number of nitrogens with zero attached hydrogens (tertiary/aromatic N) is 2. The highest BCUT2D eigenvalue weighted by atomic mass is 16.3. The summed E-state index contributed by atoms with van der Waals surface area (Å²) in [5, 5.41) is 3.53. The van der Waals surface area contributed by atoms with Crippen LogP contribution < -0.4 is 5.32 Å². The lowest BCUT2D eigenvalue weighted by Gasteiger charge is -1.99. The maximum absolute atomic E-state index is 11.9. The molecule has 0 fully saturated rings. The van der Waals surface area contributed by atoms with Gasteiger partial charge in [-0.3, -0.25) is 4.79 Å². The van der Waals surface area contributed by atoms with Crippen LogP contribution in [-0.2, 0) is 0 Å². The lowest BCUT2D eigenvalue weighted by Crippen LogP contribution is -2.11. The van der Waals surface area contributed by atoms with Gasteiger partial charge in [-0.05, 0) is 18.2 Å². The first-order valence-corrected chi connectivity index (χ1v) is 5.39. The van der Waals surface area contributed by atoms with Crippen LogP contribution in [0.1, 0.15) is 10.6 Å². The van der Waals surface area contributed by atoms with Gasteiger partial charge in [-0.15, -0.1) is 0 Å². The number of carbonyl (C=O) groups is 1. The molecule has 0 bridgehead atoms. The number of nitrogens with one attached hydrogen (secondary N) is 1. The van der Waals surface area contributed by atoms with Crippen LogP contribution in [0.5, 0.6) is 0 Å². The zero-order valence-electron chi connectivity index (χ0n) is 9.33. The van der Waals surface area contributed by atoms with Gasteiger partial charge in [0.15, 0.2) is 5.76 Å². The molecule has 3 aromatic rings. The quantitative estimate of drug-likeness (QED) is 0.745. The Bertz CT molecular complexity index is 659. The molecule has 0 saturated carbocycles. The Morgan fingerprint density at radius 3 is 2.89 bits per heavy atom. The second-order valence-electron chi connectivity index (χ2n) is 3.70. The average molecular weight is 239 g/mol. The predicted molar refractivity (Wildman–Crippen MR) is 66.2 cm³/mol. The highest BCUT2D eigenvalue weighted by molar-refractivity contribution is 6.04. The molecule has 2 heterocycles. The fraction of sp³-hybridized carbons (Fsp3) is 0. The van der Waals surface area contributed by atoms with Crippen LogP contribution in [0.3, 0.4) is 0 Å². The van der Waals surface area contributed by atoms with Crippen LogP contribution in [0.25, 0.3) is 11.0 Å². The molecule has 0 saturated heterocycles. The van der Waals surface area contributed by atoms with Crippen molar-refractivity contribution in [2.24, 2.45) is 0 Å². The molecule has 0 radical (unpaired) electrons. The number of para-hydroxylation sites is 1. The third-order valence-corrected chi connectivity index (χ3v) is 2.47. The van der Waals surface area contributed by atoms with Crippen LogP contribution in [-0.4, -0.2) is 15.9 Å². The van der Waals surface area contributed by atoms with E-state index in [2.05, 4.69) is 15.3 Å². The normalized spacial score (nSPS) is 10.4. The van der Waals surface area contributed by atoms with Gasteiger partial charge in [-0.1, -0.05) is 18.2 Å². The van der Waals surface area contributed by atoms with Gasteiger partial charge in [0.2, 0.25) is 0 Å². The number of rotatable bonds is 2. The number of hydrogen-bond donors (Lipinski definition) is 1. The Balaban J connectivity index is 1.88. The SMILES string of the molecule is O=C(Nc1ccncn1)c1cc2ccccc2o1. The van der Waals surface area contributed by atoms with Crippen LogP contribution in [0.2, 0.25) is 0 Å². The van der Waals surface area contributed by atoms with E-state index in [1.54, 1.807) is 18.3 Å².